The Labute approximate surface area is 151 Å². The van der Waals surface area contributed by atoms with E-state index in [0.29, 0.717) is 34.0 Å². The molecule has 25 heavy (non-hydrogen) atoms. The number of aromatic nitrogens is 4. The number of anilines is 3. The monoisotopic (exact) mass is 354 g/mol. The van der Waals surface area contributed by atoms with Gasteiger partial charge in [-0.1, -0.05) is 24.4 Å². The Morgan fingerprint density at radius 3 is 2.68 bits per heavy atom. The van der Waals surface area contributed by atoms with Crippen molar-refractivity contribution in [2.75, 3.05) is 10.6 Å². The minimum absolute atomic E-state index is 0.430. The average Bonchev–Trinajstić information content (AvgIpc) is 3.10. The molecule has 4 rings (SSSR count). The molecule has 1 aromatic carbocycles. The predicted molar refractivity (Wildman–Crippen MR) is 100 cm³/mol. The van der Waals surface area contributed by atoms with Crippen LogP contribution in [0.5, 0.6) is 0 Å². The van der Waals surface area contributed by atoms with Crippen LogP contribution in [0.2, 0.25) is 5.02 Å². The van der Waals surface area contributed by atoms with Crippen molar-refractivity contribution in [2.24, 2.45) is 0 Å². The van der Waals surface area contributed by atoms with E-state index in [1.54, 1.807) is 12.4 Å². The van der Waals surface area contributed by atoms with E-state index in [-0.39, 0.29) is 0 Å². The Morgan fingerprint density at radius 2 is 1.88 bits per heavy atom. The van der Waals surface area contributed by atoms with E-state index < -0.39 is 0 Å². The third-order valence-electron chi connectivity index (χ3n) is 4.46. The Balaban J connectivity index is 1.72. The molecule has 0 amide bonds. The zero-order chi connectivity index (χ0) is 17.2. The van der Waals surface area contributed by atoms with Crippen molar-refractivity contribution in [3.8, 4) is 0 Å². The molecule has 1 aliphatic rings. The number of hydrogen-bond donors (Lipinski definition) is 2. The molecule has 1 fully saturated rings. The number of rotatable bonds is 4. The van der Waals surface area contributed by atoms with Gasteiger partial charge in [-0.3, -0.25) is 0 Å². The van der Waals surface area contributed by atoms with Gasteiger partial charge in [-0.25, -0.2) is 9.97 Å². The second kappa shape index (κ2) is 6.80. The summed E-state index contributed by atoms with van der Waals surface area (Å²) >= 11 is 6.05. The predicted octanol–water partition coefficient (Wildman–Crippen LogP) is 4.48. The molecule has 1 aliphatic carbocycles. The summed E-state index contributed by atoms with van der Waals surface area (Å²) in [6, 6.07) is 6.13. The maximum absolute atomic E-state index is 6.05. The molecule has 2 aromatic heterocycles. The van der Waals surface area contributed by atoms with Crippen LogP contribution in [0.4, 0.5) is 17.5 Å². The lowest BCUT2D eigenvalue weighted by atomic mass is 10.2. The van der Waals surface area contributed by atoms with Crippen LogP contribution in [0.25, 0.3) is 11.2 Å². The number of halogens is 1. The topological polar surface area (TPSA) is 75.6 Å². The van der Waals surface area contributed by atoms with Gasteiger partial charge in [0.2, 0.25) is 5.95 Å². The summed E-state index contributed by atoms with van der Waals surface area (Å²) in [5, 5.41) is 7.49. The first-order valence-electron chi connectivity index (χ1n) is 8.47. The van der Waals surface area contributed by atoms with Gasteiger partial charge in [0.1, 0.15) is 0 Å². The Kier molecular flexibility index (Phi) is 4.36. The van der Waals surface area contributed by atoms with Crippen molar-refractivity contribution in [3.05, 3.63) is 41.2 Å². The molecule has 2 N–H and O–H groups in total. The van der Waals surface area contributed by atoms with E-state index in [1.807, 2.05) is 25.1 Å². The molecule has 0 bridgehead atoms. The second-order valence-corrected chi connectivity index (χ2v) is 6.77. The third kappa shape index (κ3) is 3.49. The smallest absolute Gasteiger partial charge is 0.227 e. The van der Waals surface area contributed by atoms with Gasteiger partial charge in [-0.2, -0.15) is 9.97 Å². The fourth-order valence-corrected chi connectivity index (χ4v) is 3.39. The van der Waals surface area contributed by atoms with Crippen LogP contribution >= 0.6 is 11.6 Å². The molecule has 0 aliphatic heterocycles. The number of fused-ring (bicyclic) bond motifs is 1. The lowest BCUT2D eigenvalue weighted by Gasteiger charge is -2.15. The Hall–Kier alpha value is -2.47. The van der Waals surface area contributed by atoms with Crippen LogP contribution < -0.4 is 10.6 Å². The van der Waals surface area contributed by atoms with E-state index in [2.05, 4.69) is 30.6 Å². The van der Waals surface area contributed by atoms with Gasteiger partial charge in [-0.15, -0.1) is 0 Å². The van der Waals surface area contributed by atoms with Gasteiger partial charge in [0.25, 0.3) is 0 Å². The summed E-state index contributed by atoms with van der Waals surface area (Å²) < 4.78 is 0. The normalized spacial score (nSPS) is 14.8. The van der Waals surface area contributed by atoms with Crippen molar-refractivity contribution in [3.63, 3.8) is 0 Å². The highest BCUT2D eigenvalue weighted by atomic mass is 35.5. The minimum atomic E-state index is 0.430. The zero-order valence-corrected chi connectivity index (χ0v) is 14.7. The highest BCUT2D eigenvalue weighted by Crippen LogP contribution is 2.27. The maximum atomic E-state index is 6.05. The lowest BCUT2D eigenvalue weighted by molar-refractivity contribution is 0.745. The zero-order valence-electron chi connectivity index (χ0n) is 14.0. The van der Waals surface area contributed by atoms with Crippen molar-refractivity contribution in [1.82, 2.24) is 19.9 Å². The fraction of sp³-hybridized carbons (Fsp3) is 0.333. The van der Waals surface area contributed by atoms with Gasteiger partial charge in [0.15, 0.2) is 17.0 Å². The van der Waals surface area contributed by atoms with Gasteiger partial charge < -0.3 is 10.6 Å². The minimum Gasteiger partial charge on any atom is -0.351 e. The number of aryl methyl sites for hydroxylation is 1. The molecule has 0 radical (unpaired) electrons. The Bertz CT molecular complexity index is 907. The summed E-state index contributed by atoms with van der Waals surface area (Å²) in [6.07, 6.45) is 8.10. The molecular formula is C18H19ClN6. The van der Waals surface area contributed by atoms with Gasteiger partial charge in [0.05, 0.1) is 0 Å². The summed E-state index contributed by atoms with van der Waals surface area (Å²) in [4.78, 5) is 17.9. The first-order valence-corrected chi connectivity index (χ1v) is 8.85. The molecule has 2 heterocycles. The van der Waals surface area contributed by atoms with E-state index >= 15 is 0 Å². The van der Waals surface area contributed by atoms with E-state index in [4.69, 9.17) is 11.6 Å². The molecule has 0 saturated heterocycles. The van der Waals surface area contributed by atoms with Crippen LogP contribution in [-0.2, 0) is 0 Å². The molecular weight excluding hydrogens is 336 g/mol. The molecule has 7 heteroatoms. The fourth-order valence-electron chi connectivity index (χ4n) is 3.16. The third-order valence-corrected chi connectivity index (χ3v) is 4.70. The quantitative estimate of drug-likeness (QED) is 0.719. The van der Waals surface area contributed by atoms with Crippen LogP contribution in [0, 0.1) is 6.92 Å². The van der Waals surface area contributed by atoms with Crippen molar-refractivity contribution in [2.45, 2.75) is 38.6 Å². The maximum Gasteiger partial charge on any atom is 0.227 e. The molecule has 1 saturated carbocycles. The van der Waals surface area contributed by atoms with Crippen molar-refractivity contribution >= 4 is 40.2 Å². The van der Waals surface area contributed by atoms with Gasteiger partial charge >= 0.3 is 0 Å². The van der Waals surface area contributed by atoms with Crippen LogP contribution in [0.1, 0.15) is 31.2 Å². The van der Waals surface area contributed by atoms with E-state index in [0.717, 1.165) is 24.1 Å². The average molecular weight is 355 g/mol. The molecule has 6 nitrogen and oxygen atoms in total. The lowest BCUT2D eigenvalue weighted by Crippen LogP contribution is -2.17. The number of hydrogen-bond acceptors (Lipinski definition) is 6. The Morgan fingerprint density at radius 1 is 1.08 bits per heavy atom. The first kappa shape index (κ1) is 16.0. The molecule has 3 aromatic rings. The van der Waals surface area contributed by atoms with Crippen LogP contribution in [-0.4, -0.2) is 26.0 Å². The van der Waals surface area contributed by atoms with E-state index in [9.17, 15) is 0 Å². The summed E-state index contributed by atoms with van der Waals surface area (Å²) in [7, 11) is 0. The van der Waals surface area contributed by atoms with E-state index in [1.165, 1.54) is 12.8 Å². The van der Waals surface area contributed by atoms with Crippen molar-refractivity contribution < 1.29 is 0 Å². The first-order chi connectivity index (χ1) is 12.2. The largest absolute Gasteiger partial charge is 0.351 e. The highest BCUT2D eigenvalue weighted by molar-refractivity contribution is 6.30. The van der Waals surface area contributed by atoms with Gasteiger partial charge in [-0.05, 0) is 43.5 Å². The number of nitrogens with zero attached hydrogens (tertiary/aromatic N) is 4. The number of benzene rings is 1. The molecule has 0 spiro atoms. The number of nitrogens with one attached hydrogen (secondary N) is 2. The summed E-state index contributed by atoms with van der Waals surface area (Å²) in [6.45, 7) is 2.00. The summed E-state index contributed by atoms with van der Waals surface area (Å²) in [5.41, 5.74) is 3.19. The molecule has 0 unspecified atom stereocenters. The standard InChI is InChI=1S/C18H19ClN6/c1-11-10-12(19)6-7-14(11)23-17-15-16(21-9-8-20-15)24-18(25-17)22-13-4-2-3-5-13/h6-10,13H,2-5H2,1H3,(H2,21,22,23,24,25). The summed E-state index contributed by atoms with van der Waals surface area (Å²) in [5.74, 6) is 1.23. The molecule has 0 atom stereocenters. The van der Waals surface area contributed by atoms with Crippen molar-refractivity contribution in [1.29, 1.82) is 0 Å². The van der Waals surface area contributed by atoms with Crippen LogP contribution in [0.3, 0.4) is 0 Å². The van der Waals surface area contributed by atoms with Gasteiger partial charge in [0, 0.05) is 29.1 Å². The molecule has 128 valence electrons. The second-order valence-electron chi connectivity index (χ2n) is 6.33. The van der Waals surface area contributed by atoms with Crippen LogP contribution in [0.15, 0.2) is 30.6 Å². The SMILES string of the molecule is Cc1cc(Cl)ccc1Nc1nc(NC2CCCC2)nc2nccnc12. The highest BCUT2D eigenvalue weighted by Gasteiger charge is 2.17.